The molecule has 0 bridgehead atoms. The van der Waals surface area contributed by atoms with Crippen LogP contribution in [0.1, 0.15) is 11.3 Å². The van der Waals surface area contributed by atoms with Gasteiger partial charge in [-0.2, -0.15) is 5.10 Å². The molecule has 23 heavy (non-hydrogen) atoms. The van der Waals surface area contributed by atoms with E-state index in [-0.39, 0.29) is 23.9 Å². The number of benzene rings is 1. The topological polar surface area (TPSA) is 52.8 Å². The van der Waals surface area contributed by atoms with Crippen LogP contribution in [0, 0.1) is 18.6 Å². The van der Waals surface area contributed by atoms with E-state index in [1.165, 1.54) is 17.9 Å². The highest BCUT2D eigenvalue weighted by atomic mass is 19.1. The van der Waals surface area contributed by atoms with Crippen LogP contribution in [0.25, 0.3) is 11.5 Å². The Bertz CT molecular complexity index is 848. The third-order valence-electron chi connectivity index (χ3n) is 3.38. The summed E-state index contributed by atoms with van der Waals surface area (Å²) in [5.41, 5.74) is 1.15. The Morgan fingerprint density at radius 3 is 2.65 bits per heavy atom. The minimum atomic E-state index is -0.480. The average Bonchev–Trinajstić information content (AvgIpc) is 2.95. The SMILES string of the molecule is COc1cc(-c2ncc(F)c(C)n2)nn1Cc1ccccc1F. The molecule has 118 valence electrons. The van der Waals surface area contributed by atoms with E-state index in [1.54, 1.807) is 31.2 Å². The van der Waals surface area contributed by atoms with Crippen molar-refractivity contribution in [2.24, 2.45) is 0 Å². The van der Waals surface area contributed by atoms with Gasteiger partial charge in [0.25, 0.3) is 0 Å². The number of hydrogen-bond acceptors (Lipinski definition) is 4. The average molecular weight is 316 g/mol. The molecule has 3 aromatic rings. The first kappa shape index (κ1) is 15.1. The zero-order valence-electron chi connectivity index (χ0n) is 12.6. The summed E-state index contributed by atoms with van der Waals surface area (Å²) < 4.78 is 33.8. The Balaban J connectivity index is 1.97. The second kappa shape index (κ2) is 6.12. The predicted octanol–water partition coefficient (Wildman–Crippen LogP) is 2.98. The van der Waals surface area contributed by atoms with Gasteiger partial charge in [0.2, 0.25) is 5.88 Å². The summed E-state index contributed by atoms with van der Waals surface area (Å²) in [6.45, 7) is 1.75. The molecule has 0 aliphatic carbocycles. The molecule has 7 heteroatoms. The number of methoxy groups -OCH3 is 1. The van der Waals surface area contributed by atoms with Crippen molar-refractivity contribution in [1.29, 1.82) is 0 Å². The number of rotatable bonds is 4. The lowest BCUT2D eigenvalue weighted by atomic mass is 10.2. The lowest BCUT2D eigenvalue weighted by Crippen LogP contribution is -2.06. The van der Waals surface area contributed by atoms with E-state index in [4.69, 9.17) is 4.74 Å². The third-order valence-corrected chi connectivity index (χ3v) is 3.38. The summed E-state index contributed by atoms with van der Waals surface area (Å²) in [6, 6.07) is 8.07. The Hall–Kier alpha value is -2.83. The molecule has 5 nitrogen and oxygen atoms in total. The fourth-order valence-electron chi connectivity index (χ4n) is 2.15. The van der Waals surface area contributed by atoms with Gasteiger partial charge in [-0.1, -0.05) is 18.2 Å². The Labute approximate surface area is 131 Å². The van der Waals surface area contributed by atoms with Crippen LogP contribution in [0.3, 0.4) is 0 Å². The molecule has 0 unspecified atom stereocenters. The minimum absolute atomic E-state index is 0.204. The van der Waals surface area contributed by atoms with E-state index in [2.05, 4.69) is 15.1 Å². The molecule has 0 fully saturated rings. The molecule has 3 rings (SSSR count). The highest BCUT2D eigenvalue weighted by Crippen LogP contribution is 2.22. The van der Waals surface area contributed by atoms with Crippen LogP contribution < -0.4 is 4.74 Å². The fraction of sp³-hybridized carbons (Fsp3) is 0.188. The van der Waals surface area contributed by atoms with Crippen LogP contribution in [-0.2, 0) is 6.54 Å². The fourth-order valence-corrected chi connectivity index (χ4v) is 2.15. The largest absolute Gasteiger partial charge is 0.481 e. The molecule has 0 saturated carbocycles. The van der Waals surface area contributed by atoms with Gasteiger partial charge < -0.3 is 4.74 Å². The molecular weight excluding hydrogens is 302 g/mol. The molecule has 0 N–H and O–H groups in total. The second-order valence-electron chi connectivity index (χ2n) is 4.95. The van der Waals surface area contributed by atoms with Gasteiger partial charge in [-0.15, -0.1) is 0 Å². The highest BCUT2D eigenvalue weighted by molar-refractivity contribution is 5.51. The number of ether oxygens (including phenoxy) is 1. The van der Waals surface area contributed by atoms with Crippen molar-refractivity contribution in [3.63, 3.8) is 0 Å². The zero-order valence-corrected chi connectivity index (χ0v) is 12.6. The number of halogens is 2. The van der Waals surface area contributed by atoms with Crippen molar-refractivity contribution in [2.75, 3.05) is 7.11 Å². The number of nitrogens with zero attached hydrogens (tertiary/aromatic N) is 4. The molecular formula is C16H14F2N4O. The number of aromatic nitrogens is 4. The molecule has 0 aliphatic rings. The molecule has 1 aromatic carbocycles. The van der Waals surface area contributed by atoms with E-state index in [1.807, 2.05) is 0 Å². The molecule has 0 saturated heterocycles. The first-order valence-corrected chi connectivity index (χ1v) is 6.93. The number of hydrogen-bond donors (Lipinski definition) is 0. The van der Waals surface area contributed by atoms with E-state index < -0.39 is 5.82 Å². The van der Waals surface area contributed by atoms with Gasteiger partial charge in [-0.05, 0) is 13.0 Å². The van der Waals surface area contributed by atoms with Crippen LogP contribution in [0.2, 0.25) is 0 Å². The molecule has 0 atom stereocenters. The third kappa shape index (κ3) is 3.03. The molecule has 2 heterocycles. The summed E-state index contributed by atoms with van der Waals surface area (Å²) in [4.78, 5) is 8.00. The van der Waals surface area contributed by atoms with Crippen molar-refractivity contribution in [3.8, 4) is 17.4 Å². The maximum absolute atomic E-state index is 13.8. The van der Waals surface area contributed by atoms with Gasteiger partial charge >= 0.3 is 0 Å². The van der Waals surface area contributed by atoms with Crippen molar-refractivity contribution < 1.29 is 13.5 Å². The molecule has 0 radical (unpaired) electrons. The molecule has 0 spiro atoms. The van der Waals surface area contributed by atoms with E-state index in [9.17, 15) is 8.78 Å². The Morgan fingerprint density at radius 2 is 1.96 bits per heavy atom. The van der Waals surface area contributed by atoms with E-state index in [0.717, 1.165) is 6.20 Å². The lowest BCUT2D eigenvalue weighted by Gasteiger charge is -2.06. The van der Waals surface area contributed by atoms with Crippen LogP contribution in [0.4, 0.5) is 8.78 Å². The molecule has 0 amide bonds. The highest BCUT2D eigenvalue weighted by Gasteiger charge is 2.14. The monoisotopic (exact) mass is 316 g/mol. The summed E-state index contributed by atoms with van der Waals surface area (Å²) in [5.74, 6) is -0.0738. The van der Waals surface area contributed by atoms with Crippen LogP contribution >= 0.6 is 0 Å². The van der Waals surface area contributed by atoms with Gasteiger partial charge in [0, 0.05) is 11.6 Å². The maximum Gasteiger partial charge on any atom is 0.212 e. The van der Waals surface area contributed by atoms with Gasteiger partial charge in [0.15, 0.2) is 11.6 Å². The normalized spacial score (nSPS) is 10.8. The predicted molar refractivity (Wildman–Crippen MR) is 80.0 cm³/mol. The quantitative estimate of drug-likeness (QED) is 0.742. The summed E-state index contributed by atoms with van der Waals surface area (Å²) in [6.07, 6.45) is 1.10. The summed E-state index contributed by atoms with van der Waals surface area (Å²) >= 11 is 0. The minimum Gasteiger partial charge on any atom is -0.481 e. The lowest BCUT2D eigenvalue weighted by molar-refractivity contribution is 0.365. The second-order valence-corrected chi connectivity index (χ2v) is 4.95. The van der Waals surface area contributed by atoms with Crippen LogP contribution in [0.15, 0.2) is 36.5 Å². The maximum atomic E-state index is 13.8. The van der Waals surface area contributed by atoms with E-state index >= 15 is 0 Å². The van der Waals surface area contributed by atoms with Crippen LogP contribution in [-0.4, -0.2) is 26.9 Å². The van der Waals surface area contributed by atoms with Crippen molar-refractivity contribution in [2.45, 2.75) is 13.5 Å². The Kier molecular flexibility index (Phi) is 4.01. The Morgan fingerprint density at radius 1 is 1.17 bits per heavy atom. The molecule has 0 aliphatic heterocycles. The summed E-state index contributed by atoms with van der Waals surface area (Å²) in [5, 5.41) is 4.34. The van der Waals surface area contributed by atoms with Gasteiger partial charge in [0.05, 0.1) is 25.5 Å². The van der Waals surface area contributed by atoms with Crippen molar-refractivity contribution in [3.05, 3.63) is 59.4 Å². The van der Waals surface area contributed by atoms with Gasteiger partial charge in [0.1, 0.15) is 11.5 Å². The van der Waals surface area contributed by atoms with Crippen molar-refractivity contribution >= 4 is 0 Å². The van der Waals surface area contributed by atoms with Gasteiger partial charge in [-0.25, -0.2) is 23.4 Å². The van der Waals surface area contributed by atoms with Crippen LogP contribution in [0.5, 0.6) is 5.88 Å². The van der Waals surface area contributed by atoms with E-state index in [0.29, 0.717) is 17.1 Å². The standard InChI is InChI=1S/C16H14F2N4O/c1-10-13(18)8-19-16(20-10)14-7-15(23-2)22(21-14)9-11-5-3-4-6-12(11)17/h3-8H,9H2,1-2H3. The smallest absolute Gasteiger partial charge is 0.212 e. The van der Waals surface area contributed by atoms with Gasteiger partial charge in [-0.3, -0.25) is 0 Å². The number of aryl methyl sites for hydroxylation is 1. The first-order valence-electron chi connectivity index (χ1n) is 6.93. The first-order chi connectivity index (χ1) is 11.1. The summed E-state index contributed by atoms with van der Waals surface area (Å²) in [7, 11) is 1.50. The zero-order chi connectivity index (χ0) is 16.4. The van der Waals surface area contributed by atoms with Crippen molar-refractivity contribution in [1.82, 2.24) is 19.7 Å². The molecule has 2 aromatic heterocycles.